The smallest absolute Gasteiger partial charge is 0.205 e. The van der Waals surface area contributed by atoms with E-state index in [1.807, 2.05) is 18.4 Å². The average Bonchev–Trinajstić information content (AvgIpc) is 2.94. The van der Waals surface area contributed by atoms with Crippen LogP contribution in [0, 0.1) is 0 Å². The van der Waals surface area contributed by atoms with Gasteiger partial charge in [0.05, 0.1) is 11.0 Å². The fraction of sp³-hybridized carbons (Fsp3) is 0. The van der Waals surface area contributed by atoms with E-state index in [1.165, 1.54) is 6.33 Å². The molecule has 8 heteroatoms. The molecular formula is C9H8N8. The second-order valence-corrected chi connectivity index (χ2v) is 3.70. The van der Waals surface area contributed by atoms with E-state index in [4.69, 9.17) is 5.84 Å². The van der Waals surface area contributed by atoms with Crippen LogP contribution in [0.1, 0.15) is 0 Å². The van der Waals surface area contributed by atoms with Crippen LogP contribution in [0.4, 0.5) is 5.69 Å². The lowest BCUT2D eigenvalue weighted by Gasteiger charge is -2.15. The van der Waals surface area contributed by atoms with Crippen molar-refractivity contribution in [3.63, 3.8) is 0 Å². The van der Waals surface area contributed by atoms with Crippen molar-refractivity contribution in [3.05, 3.63) is 29.4 Å². The third kappa shape index (κ3) is 0.967. The molecular weight excluding hydrogens is 220 g/mol. The van der Waals surface area contributed by atoms with Gasteiger partial charge in [-0.3, -0.25) is 0 Å². The highest BCUT2D eigenvalue weighted by Crippen LogP contribution is 2.21. The first-order chi connectivity index (χ1) is 8.34. The Kier molecular flexibility index (Phi) is 1.38. The fourth-order valence-electron chi connectivity index (χ4n) is 2.06. The molecule has 0 spiro atoms. The highest BCUT2D eigenvalue weighted by atomic mass is 15.9. The van der Waals surface area contributed by atoms with Crippen LogP contribution >= 0.6 is 0 Å². The van der Waals surface area contributed by atoms with Crippen molar-refractivity contribution < 1.29 is 0 Å². The maximum absolute atomic E-state index is 5.61. The average molecular weight is 228 g/mol. The predicted octanol–water partition coefficient (Wildman–Crippen LogP) is -1.72. The Morgan fingerprint density at radius 3 is 3.06 bits per heavy atom. The minimum atomic E-state index is 0.645. The molecule has 4 aliphatic rings. The molecule has 0 radical (unpaired) electrons. The van der Waals surface area contributed by atoms with E-state index >= 15 is 0 Å². The molecule has 0 aliphatic carbocycles. The molecule has 0 aromatic carbocycles. The second-order valence-electron chi connectivity index (χ2n) is 3.70. The van der Waals surface area contributed by atoms with Gasteiger partial charge in [0.25, 0.3) is 0 Å². The van der Waals surface area contributed by atoms with Crippen molar-refractivity contribution in [1.82, 2.24) is 19.9 Å². The topological polar surface area (TPSA) is 96.4 Å². The van der Waals surface area contributed by atoms with Crippen molar-refractivity contribution in [2.24, 2.45) is 10.9 Å². The molecule has 0 aromatic heterocycles. The number of imidazole rings is 1. The lowest BCUT2D eigenvalue weighted by Crippen LogP contribution is -2.43. The summed E-state index contributed by atoms with van der Waals surface area (Å²) in [5.74, 6) is 5.61. The highest BCUT2D eigenvalue weighted by molar-refractivity contribution is 5.76. The molecule has 8 nitrogen and oxygen atoms in total. The Morgan fingerprint density at radius 2 is 2.12 bits per heavy atom. The number of nitrogens with zero attached hydrogens (tertiary/aromatic N) is 5. The lowest BCUT2D eigenvalue weighted by atomic mass is 10.2. The van der Waals surface area contributed by atoms with E-state index in [9.17, 15) is 0 Å². The van der Waals surface area contributed by atoms with Gasteiger partial charge < -0.3 is 5.32 Å². The summed E-state index contributed by atoms with van der Waals surface area (Å²) in [6.07, 6.45) is 7.21. The summed E-state index contributed by atoms with van der Waals surface area (Å²) in [7, 11) is 0. The number of hydrogen-bond acceptors (Lipinski definition) is 7. The normalized spacial score (nSPS) is 15.7. The van der Waals surface area contributed by atoms with E-state index in [2.05, 4.69) is 25.9 Å². The number of pyridine rings is 1. The lowest BCUT2D eigenvalue weighted by molar-refractivity contribution is 0.343. The zero-order chi connectivity index (χ0) is 11.4. The van der Waals surface area contributed by atoms with Crippen LogP contribution in [-0.4, -0.2) is 19.9 Å². The van der Waals surface area contributed by atoms with Gasteiger partial charge in [0.2, 0.25) is 5.49 Å². The van der Waals surface area contributed by atoms with Crippen LogP contribution in [0.3, 0.4) is 0 Å². The standard InChI is InChI=1S/C9H8N8/c10-17-14-9-8-7(12-4-13-8)6-5(16(9)15-17)2-1-3-11-6/h1-4,11,15H,10H2. The van der Waals surface area contributed by atoms with Crippen LogP contribution in [-0.2, 0) is 0 Å². The molecule has 4 N–H and O–H groups in total. The summed E-state index contributed by atoms with van der Waals surface area (Å²) in [6, 6.07) is 0. The first kappa shape index (κ1) is 8.53. The van der Waals surface area contributed by atoms with Crippen LogP contribution in [0.2, 0.25) is 0 Å². The van der Waals surface area contributed by atoms with Crippen molar-refractivity contribution in [2.75, 3.05) is 10.9 Å². The largest absolute Gasteiger partial charge is 0.358 e. The summed E-state index contributed by atoms with van der Waals surface area (Å²) in [6.45, 7) is 0. The van der Waals surface area contributed by atoms with E-state index in [0.717, 1.165) is 22.0 Å². The fourth-order valence-corrected chi connectivity index (χ4v) is 2.06. The van der Waals surface area contributed by atoms with Gasteiger partial charge in [-0.1, -0.05) is 0 Å². The number of rotatable bonds is 0. The predicted molar refractivity (Wildman–Crippen MR) is 60.0 cm³/mol. The zero-order valence-electron chi connectivity index (χ0n) is 8.62. The van der Waals surface area contributed by atoms with Gasteiger partial charge in [-0.15, -0.1) is 10.3 Å². The molecule has 0 unspecified atom stereocenters. The molecule has 0 fully saturated rings. The van der Waals surface area contributed by atoms with E-state index in [-0.39, 0.29) is 0 Å². The zero-order valence-corrected chi connectivity index (χ0v) is 8.62. The number of aromatic nitrogens is 3. The Bertz CT molecular complexity index is 726. The number of hydrazine groups is 2. The number of allylic oxidation sites excluding steroid dienone is 1. The molecule has 84 valence electrons. The monoisotopic (exact) mass is 228 g/mol. The van der Waals surface area contributed by atoms with Crippen molar-refractivity contribution >= 4 is 11.8 Å². The summed E-state index contributed by atoms with van der Waals surface area (Å²) < 4.78 is 1.77. The van der Waals surface area contributed by atoms with Crippen LogP contribution in [0.15, 0.2) is 23.7 Å². The van der Waals surface area contributed by atoms with E-state index < -0.39 is 0 Å². The summed E-state index contributed by atoms with van der Waals surface area (Å²) >= 11 is 0. The number of fused-ring (bicyclic) bond motifs is 6. The van der Waals surface area contributed by atoms with Crippen molar-refractivity contribution in [2.45, 2.75) is 0 Å². The van der Waals surface area contributed by atoms with Gasteiger partial charge in [-0.2, -0.15) is 0 Å². The quantitative estimate of drug-likeness (QED) is 0.464. The number of hydrogen-bond donors (Lipinski definition) is 3. The molecule has 0 bridgehead atoms. The van der Waals surface area contributed by atoms with Crippen LogP contribution in [0.25, 0.3) is 17.5 Å². The summed E-state index contributed by atoms with van der Waals surface area (Å²) in [4.78, 5) is 8.45. The molecule has 0 aromatic rings. The van der Waals surface area contributed by atoms with Gasteiger partial charge in [-0.05, 0) is 12.2 Å². The van der Waals surface area contributed by atoms with Crippen LogP contribution < -0.4 is 27.5 Å². The molecule has 0 atom stereocenters. The molecule has 0 amide bonds. The van der Waals surface area contributed by atoms with Crippen LogP contribution in [0.5, 0.6) is 0 Å². The Balaban J connectivity index is 2.25. The molecule has 4 aliphatic heterocycles. The molecule has 0 saturated heterocycles. The number of nitrogens with one attached hydrogen (secondary N) is 2. The first-order valence-electron chi connectivity index (χ1n) is 5.03. The molecule has 4 heterocycles. The number of nitrogens with two attached hydrogens (primary N) is 1. The third-order valence-electron chi connectivity index (χ3n) is 2.74. The summed E-state index contributed by atoms with van der Waals surface area (Å²) in [5.41, 5.74) is 5.93. The molecule has 4 rings (SSSR count). The Hall–Kier alpha value is -2.61. The third-order valence-corrected chi connectivity index (χ3v) is 2.74. The first-order valence-corrected chi connectivity index (χ1v) is 5.03. The maximum Gasteiger partial charge on any atom is 0.205 e. The SMILES string of the molecule is NN1N=c2c3ncnc-3c3c(n2N1)=CC=CN3. The summed E-state index contributed by atoms with van der Waals surface area (Å²) in [5, 5.41) is 9.37. The Labute approximate surface area is 95.0 Å². The van der Waals surface area contributed by atoms with Gasteiger partial charge in [-0.25, -0.2) is 26.0 Å². The second kappa shape index (κ2) is 2.74. The highest BCUT2D eigenvalue weighted by Gasteiger charge is 2.23. The minimum Gasteiger partial charge on any atom is -0.358 e. The van der Waals surface area contributed by atoms with Gasteiger partial charge in [0.1, 0.15) is 17.7 Å². The molecule has 17 heavy (non-hydrogen) atoms. The van der Waals surface area contributed by atoms with E-state index in [0.29, 0.717) is 11.2 Å². The van der Waals surface area contributed by atoms with Gasteiger partial charge in [0, 0.05) is 6.20 Å². The molecule has 0 saturated carbocycles. The van der Waals surface area contributed by atoms with Gasteiger partial charge in [0.15, 0.2) is 0 Å². The van der Waals surface area contributed by atoms with E-state index in [1.54, 1.807) is 4.68 Å². The van der Waals surface area contributed by atoms with Gasteiger partial charge >= 0.3 is 0 Å². The number of anilines is 1. The minimum absolute atomic E-state index is 0.645. The Morgan fingerprint density at radius 1 is 1.24 bits per heavy atom. The van der Waals surface area contributed by atoms with Crippen molar-refractivity contribution in [3.8, 4) is 11.4 Å². The maximum atomic E-state index is 5.61. The van der Waals surface area contributed by atoms with Crippen molar-refractivity contribution in [1.29, 1.82) is 0 Å².